The summed E-state index contributed by atoms with van der Waals surface area (Å²) in [6, 6.07) is 2.12. The Balaban J connectivity index is 1.85. The van der Waals surface area contributed by atoms with Gasteiger partial charge in [-0.05, 0) is 20.8 Å². The summed E-state index contributed by atoms with van der Waals surface area (Å²) < 4.78 is 0. The van der Waals surface area contributed by atoms with Crippen molar-refractivity contribution in [2.75, 3.05) is 32.6 Å². The van der Waals surface area contributed by atoms with Crippen LogP contribution in [0, 0.1) is 6.92 Å². The lowest BCUT2D eigenvalue weighted by molar-refractivity contribution is -0.129. The predicted octanol–water partition coefficient (Wildman–Crippen LogP) is 2.30. The van der Waals surface area contributed by atoms with Gasteiger partial charge in [0.15, 0.2) is 0 Å². The monoisotopic (exact) mass is 416 g/mol. The molecule has 2 aromatic heterocycles. The maximum Gasteiger partial charge on any atom is 0.265 e. The van der Waals surface area contributed by atoms with E-state index in [1.54, 1.807) is 17.5 Å². The molecule has 0 aromatic carbocycles. The van der Waals surface area contributed by atoms with Gasteiger partial charge in [0.1, 0.15) is 16.5 Å². The van der Waals surface area contributed by atoms with Gasteiger partial charge in [-0.2, -0.15) is 0 Å². The summed E-state index contributed by atoms with van der Waals surface area (Å²) >= 11 is 1.34. The van der Waals surface area contributed by atoms with Crippen LogP contribution in [-0.4, -0.2) is 70.3 Å². The lowest BCUT2D eigenvalue weighted by atomic mass is 10.0. The molecule has 0 bridgehead atoms. The number of nitrogens with zero attached hydrogens (tertiary/aromatic N) is 6. The van der Waals surface area contributed by atoms with Crippen molar-refractivity contribution in [3.63, 3.8) is 0 Å². The fraction of sp³-hybridized carbons (Fsp3) is 0.550. The summed E-state index contributed by atoms with van der Waals surface area (Å²) in [5, 5.41) is 0. The van der Waals surface area contributed by atoms with Gasteiger partial charge in [-0.3, -0.25) is 9.59 Å². The van der Waals surface area contributed by atoms with Crippen LogP contribution < -0.4 is 4.90 Å². The zero-order chi connectivity index (χ0) is 21.3. The zero-order valence-electron chi connectivity index (χ0n) is 17.8. The van der Waals surface area contributed by atoms with Crippen LogP contribution in [0.15, 0.2) is 11.6 Å². The largest absolute Gasteiger partial charge is 0.363 e. The molecular formula is C20H28N6O2S. The van der Waals surface area contributed by atoms with E-state index in [1.807, 2.05) is 50.7 Å². The summed E-state index contributed by atoms with van der Waals surface area (Å²) in [6.45, 7) is 6.84. The minimum absolute atomic E-state index is 0.0371. The molecule has 0 N–H and O–H groups in total. The number of carbonyl (C=O) groups is 2. The van der Waals surface area contributed by atoms with Gasteiger partial charge in [-0.25, -0.2) is 15.0 Å². The molecule has 1 aliphatic heterocycles. The second kappa shape index (κ2) is 8.44. The molecule has 0 aliphatic carbocycles. The summed E-state index contributed by atoms with van der Waals surface area (Å²) in [5.41, 5.74) is 3.26. The summed E-state index contributed by atoms with van der Waals surface area (Å²) in [4.78, 5) is 44.6. The zero-order valence-corrected chi connectivity index (χ0v) is 18.7. The van der Waals surface area contributed by atoms with E-state index in [-0.39, 0.29) is 23.8 Å². The van der Waals surface area contributed by atoms with Gasteiger partial charge >= 0.3 is 0 Å². The number of carbonyl (C=O) groups excluding carboxylic acids is 2. The lowest BCUT2D eigenvalue weighted by Crippen LogP contribution is -2.32. The SMILES string of the molecule is Cc1ncsc1C(=O)N(C)Cc1nc([C@H]2CC(=O)N(C(C)C)C2)cc(N(C)C)n1. The van der Waals surface area contributed by atoms with Crippen molar-refractivity contribution in [1.29, 1.82) is 0 Å². The first-order valence-electron chi connectivity index (χ1n) is 9.67. The highest BCUT2D eigenvalue weighted by molar-refractivity contribution is 7.11. The number of thiazole rings is 1. The number of aryl methyl sites for hydroxylation is 1. The van der Waals surface area contributed by atoms with E-state index in [0.29, 0.717) is 30.2 Å². The third-order valence-electron chi connectivity index (χ3n) is 5.10. The molecule has 2 aromatic rings. The third kappa shape index (κ3) is 4.55. The number of aromatic nitrogens is 3. The average molecular weight is 417 g/mol. The van der Waals surface area contributed by atoms with Gasteiger partial charge in [-0.15, -0.1) is 11.3 Å². The molecular weight excluding hydrogens is 388 g/mol. The fourth-order valence-corrected chi connectivity index (χ4v) is 4.20. The molecule has 0 radical (unpaired) electrons. The Morgan fingerprint density at radius 1 is 1.31 bits per heavy atom. The predicted molar refractivity (Wildman–Crippen MR) is 113 cm³/mol. The summed E-state index contributed by atoms with van der Waals surface area (Å²) in [5.74, 6) is 1.45. The Bertz CT molecular complexity index is 910. The van der Waals surface area contributed by atoms with Crippen LogP contribution >= 0.6 is 11.3 Å². The molecule has 1 aliphatic rings. The number of hydrogen-bond donors (Lipinski definition) is 0. The average Bonchev–Trinajstić information content (AvgIpc) is 3.26. The maximum atomic E-state index is 12.7. The molecule has 156 valence electrons. The van der Waals surface area contributed by atoms with Gasteiger partial charge < -0.3 is 14.7 Å². The Kier molecular flexibility index (Phi) is 6.16. The van der Waals surface area contributed by atoms with Crippen LogP contribution in [0.1, 0.15) is 53.1 Å². The Morgan fingerprint density at radius 3 is 2.59 bits per heavy atom. The normalized spacial score (nSPS) is 16.6. The number of likely N-dealkylation sites (tertiary alicyclic amines) is 1. The van der Waals surface area contributed by atoms with Gasteiger partial charge in [0.25, 0.3) is 5.91 Å². The molecule has 3 heterocycles. The van der Waals surface area contributed by atoms with E-state index in [0.717, 1.165) is 17.2 Å². The smallest absolute Gasteiger partial charge is 0.265 e. The molecule has 0 spiro atoms. The van der Waals surface area contributed by atoms with Crippen molar-refractivity contribution >= 4 is 29.0 Å². The molecule has 9 heteroatoms. The first kappa shape index (κ1) is 21.2. The molecule has 8 nitrogen and oxygen atoms in total. The Hall–Kier alpha value is -2.55. The van der Waals surface area contributed by atoms with Crippen LogP contribution in [-0.2, 0) is 11.3 Å². The highest BCUT2D eigenvalue weighted by Crippen LogP contribution is 2.30. The van der Waals surface area contributed by atoms with Crippen LogP contribution in [0.2, 0.25) is 0 Å². The quantitative estimate of drug-likeness (QED) is 0.719. The molecule has 1 fully saturated rings. The Morgan fingerprint density at radius 2 is 2.03 bits per heavy atom. The van der Waals surface area contributed by atoms with Gasteiger partial charge in [0, 0.05) is 52.1 Å². The van der Waals surface area contributed by atoms with Crippen molar-refractivity contribution in [3.05, 3.63) is 33.7 Å². The number of anilines is 1. The van der Waals surface area contributed by atoms with Crippen molar-refractivity contribution in [1.82, 2.24) is 24.8 Å². The molecule has 29 heavy (non-hydrogen) atoms. The molecule has 3 rings (SSSR count). The van der Waals surface area contributed by atoms with Gasteiger partial charge in [-0.1, -0.05) is 0 Å². The second-order valence-corrected chi connectivity index (χ2v) is 8.79. The van der Waals surface area contributed by atoms with Gasteiger partial charge in [0.2, 0.25) is 5.91 Å². The van der Waals surface area contributed by atoms with Crippen LogP contribution in [0.3, 0.4) is 0 Å². The minimum Gasteiger partial charge on any atom is -0.363 e. The first-order valence-corrected chi connectivity index (χ1v) is 10.6. The minimum atomic E-state index is -0.0903. The van der Waals surface area contributed by atoms with E-state index < -0.39 is 0 Å². The highest BCUT2D eigenvalue weighted by Gasteiger charge is 2.33. The van der Waals surface area contributed by atoms with Crippen molar-refractivity contribution in [2.45, 2.75) is 45.7 Å². The number of amides is 2. The molecule has 2 amide bonds. The van der Waals surface area contributed by atoms with Crippen molar-refractivity contribution in [2.24, 2.45) is 0 Å². The van der Waals surface area contributed by atoms with E-state index >= 15 is 0 Å². The Labute approximate surface area is 175 Å². The highest BCUT2D eigenvalue weighted by atomic mass is 32.1. The topological polar surface area (TPSA) is 82.5 Å². The van der Waals surface area contributed by atoms with E-state index in [4.69, 9.17) is 4.98 Å². The van der Waals surface area contributed by atoms with Crippen LogP contribution in [0.5, 0.6) is 0 Å². The second-order valence-electron chi connectivity index (χ2n) is 7.93. The summed E-state index contributed by atoms with van der Waals surface area (Å²) in [6.07, 6.45) is 0.455. The molecule has 0 unspecified atom stereocenters. The van der Waals surface area contributed by atoms with Crippen molar-refractivity contribution < 1.29 is 9.59 Å². The maximum absolute atomic E-state index is 12.7. The first-order chi connectivity index (χ1) is 13.7. The van der Waals surface area contributed by atoms with Gasteiger partial charge in [0.05, 0.1) is 23.4 Å². The molecule has 0 saturated carbocycles. The standard InChI is InChI=1S/C20H28N6O2S/c1-12(2)26-9-14(7-18(26)27)15-8-17(24(4)5)23-16(22-15)10-25(6)20(28)19-13(3)21-11-29-19/h8,11-12,14H,7,9-10H2,1-6H3/t14-/m0/s1. The third-order valence-corrected chi connectivity index (χ3v) is 6.02. The molecule has 1 atom stereocenters. The number of hydrogen-bond acceptors (Lipinski definition) is 7. The van der Waals surface area contributed by atoms with Crippen LogP contribution in [0.25, 0.3) is 0 Å². The summed E-state index contributed by atoms with van der Waals surface area (Å²) in [7, 11) is 5.59. The van der Waals surface area contributed by atoms with E-state index in [9.17, 15) is 9.59 Å². The lowest BCUT2D eigenvalue weighted by Gasteiger charge is -2.22. The van der Waals surface area contributed by atoms with Crippen LogP contribution in [0.4, 0.5) is 5.82 Å². The molecule has 1 saturated heterocycles. The van der Waals surface area contributed by atoms with E-state index in [1.165, 1.54) is 11.3 Å². The number of rotatable bonds is 6. The van der Waals surface area contributed by atoms with E-state index in [2.05, 4.69) is 9.97 Å². The van der Waals surface area contributed by atoms with Crippen molar-refractivity contribution in [3.8, 4) is 0 Å². The fourth-order valence-electron chi connectivity index (χ4n) is 3.41.